The van der Waals surface area contributed by atoms with Crippen molar-refractivity contribution < 1.29 is 9.53 Å². The molecule has 3 heterocycles. The van der Waals surface area contributed by atoms with Crippen molar-refractivity contribution in [2.75, 3.05) is 26.0 Å². The number of hydrogen-bond acceptors (Lipinski definition) is 6. The Balaban J connectivity index is 1.64. The van der Waals surface area contributed by atoms with Crippen LogP contribution in [-0.2, 0) is 4.79 Å². The summed E-state index contributed by atoms with van der Waals surface area (Å²) < 4.78 is 7.35. The van der Waals surface area contributed by atoms with Crippen LogP contribution in [0.3, 0.4) is 0 Å². The van der Waals surface area contributed by atoms with E-state index in [9.17, 15) is 4.79 Å². The Kier molecular flexibility index (Phi) is 6.09. The van der Waals surface area contributed by atoms with E-state index in [1.165, 1.54) is 18.2 Å². The van der Waals surface area contributed by atoms with Crippen LogP contribution in [0.4, 0.5) is 0 Å². The minimum Gasteiger partial charge on any atom is -0.497 e. The largest absolute Gasteiger partial charge is 0.497 e. The first-order chi connectivity index (χ1) is 14.3. The molecule has 2 aromatic heterocycles. The highest BCUT2D eigenvalue weighted by Gasteiger charge is 2.20. The Morgan fingerprint density at radius 3 is 2.66 bits per heavy atom. The van der Waals surface area contributed by atoms with Gasteiger partial charge >= 0.3 is 0 Å². The van der Waals surface area contributed by atoms with Crippen molar-refractivity contribution in [1.29, 1.82) is 0 Å². The van der Waals surface area contributed by atoms with Crippen LogP contribution in [0.1, 0.15) is 19.3 Å². The SMILES string of the molecule is COc1cccc(-n2c(SCC(=O)N3CCCCC3)nnc2-c2ccncc2)c1. The minimum atomic E-state index is 0.153. The summed E-state index contributed by atoms with van der Waals surface area (Å²) in [5, 5.41) is 9.47. The highest BCUT2D eigenvalue weighted by atomic mass is 32.2. The van der Waals surface area contributed by atoms with Gasteiger partial charge in [-0.2, -0.15) is 0 Å². The monoisotopic (exact) mass is 409 g/mol. The van der Waals surface area contributed by atoms with Crippen molar-refractivity contribution in [3.05, 3.63) is 48.8 Å². The second-order valence-electron chi connectivity index (χ2n) is 6.81. The van der Waals surface area contributed by atoms with Gasteiger partial charge in [-0.25, -0.2) is 0 Å². The topological polar surface area (TPSA) is 73.1 Å². The van der Waals surface area contributed by atoms with Crippen LogP contribution < -0.4 is 4.74 Å². The van der Waals surface area contributed by atoms with E-state index in [0.717, 1.165) is 42.9 Å². The number of amides is 1. The van der Waals surface area contributed by atoms with Gasteiger partial charge in [0.1, 0.15) is 5.75 Å². The predicted molar refractivity (Wildman–Crippen MR) is 112 cm³/mol. The molecule has 0 bridgehead atoms. The van der Waals surface area contributed by atoms with Crippen molar-refractivity contribution in [2.45, 2.75) is 24.4 Å². The Bertz CT molecular complexity index is 970. The molecule has 0 saturated carbocycles. The number of pyridine rings is 1. The van der Waals surface area contributed by atoms with Crippen molar-refractivity contribution in [3.8, 4) is 22.8 Å². The molecule has 1 aliphatic rings. The quantitative estimate of drug-likeness (QED) is 0.581. The number of carbonyl (C=O) groups is 1. The van der Waals surface area contributed by atoms with Gasteiger partial charge < -0.3 is 9.64 Å². The number of rotatable bonds is 6. The summed E-state index contributed by atoms with van der Waals surface area (Å²) >= 11 is 1.41. The zero-order valence-electron chi connectivity index (χ0n) is 16.3. The number of piperidine rings is 1. The molecule has 0 N–H and O–H groups in total. The Morgan fingerprint density at radius 2 is 1.90 bits per heavy atom. The van der Waals surface area contributed by atoms with Crippen LogP contribution in [0, 0.1) is 0 Å². The van der Waals surface area contributed by atoms with Crippen molar-refractivity contribution in [1.82, 2.24) is 24.6 Å². The third kappa shape index (κ3) is 4.42. The number of methoxy groups -OCH3 is 1. The van der Waals surface area contributed by atoms with Crippen molar-refractivity contribution in [3.63, 3.8) is 0 Å². The lowest BCUT2D eigenvalue weighted by Crippen LogP contribution is -2.36. The molecule has 1 amide bonds. The molecule has 0 atom stereocenters. The molecule has 4 rings (SSSR count). The number of thioether (sulfide) groups is 1. The van der Waals surface area contributed by atoms with Crippen LogP contribution in [0.15, 0.2) is 53.9 Å². The Hall–Kier alpha value is -2.87. The van der Waals surface area contributed by atoms with Crippen molar-refractivity contribution >= 4 is 17.7 Å². The molecule has 8 heteroatoms. The highest BCUT2D eigenvalue weighted by molar-refractivity contribution is 7.99. The summed E-state index contributed by atoms with van der Waals surface area (Å²) in [5.74, 6) is 1.95. The minimum absolute atomic E-state index is 0.153. The Labute approximate surface area is 174 Å². The number of ether oxygens (including phenoxy) is 1. The smallest absolute Gasteiger partial charge is 0.233 e. The van der Waals surface area contributed by atoms with E-state index in [-0.39, 0.29) is 5.91 Å². The first-order valence-electron chi connectivity index (χ1n) is 9.67. The van der Waals surface area contributed by atoms with Gasteiger partial charge in [0.2, 0.25) is 5.91 Å². The molecular weight excluding hydrogens is 386 g/mol. The molecule has 1 aromatic carbocycles. The maximum absolute atomic E-state index is 12.6. The molecule has 0 radical (unpaired) electrons. The van der Waals surface area contributed by atoms with Gasteiger partial charge in [0.15, 0.2) is 11.0 Å². The zero-order chi connectivity index (χ0) is 20.1. The van der Waals surface area contributed by atoms with E-state index in [1.54, 1.807) is 19.5 Å². The molecule has 1 fully saturated rings. The zero-order valence-corrected chi connectivity index (χ0v) is 17.1. The summed E-state index contributed by atoms with van der Waals surface area (Å²) in [4.78, 5) is 18.7. The summed E-state index contributed by atoms with van der Waals surface area (Å²) in [6.07, 6.45) is 6.83. The average Bonchev–Trinajstić information content (AvgIpc) is 3.22. The molecule has 0 spiro atoms. The maximum Gasteiger partial charge on any atom is 0.233 e. The van der Waals surface area contributed by atoms with Crippen LogP contribution in [-0.4, -0.2) is 56.5 Å². The van der Waals surface area contributed by atoms with Gasteiger partial charge in [-0.05, 0) is 43.5 Å². The number of hydrogen-bond donors (Lipinski definition) is 0. The number of likely N-dealkylation sites (tertiary alicyclic amines) is 1. The second-order valence-corrected chi connectivity index (χ2v) is 7.75. The normalized spacial score (nSPS) is 14.0. The van der Waals surface area contributed by atoms with Gasteiger partial charge in [0, 0.05) is 37.1 Å². The third-order valence-corrected chi connectivity index (χ3v) is 5.83. The van der Waals surface area contributed by atoms with Crippen molar-refractivity contribution in [2.24, 2.45) is 0 Å². The number of benzene rings is 1. The molecule has 29 heavy (non-hydrogen) atoms. The van der Waals surface area contributed by atoms with Gasteiger partial charge in [-0.3, -0.25) is 14.3 Å². The fraction of sp³-hybridized carbons (Fsp3) is 0.333. The standard InChI is InChI=1S/C21H23N5O2S/c1-28-18-7-5-6-17(14-18)26-20(16-8-10-22-11-9-16)23-24-21(26)29-15-19(27)25-12-3-2-4-13-25/h5-11,14H,2-4,12-13,15H2,1H3. The summed E-state index contributed by atoms with van der Waals surface area (Å²) in [7, 11) is 1.64. The van der Waals surface area contributed by atoms with E-state index in [0.29, 0.717) is 16.7 Å². The molecule has 1 aliphatic heterocycles. The first-order valence-corrected chi connectivity index (χ1v) is 10.7. The number of carbonyl (C=O) groups excluding carboxylic acids is 1. The fourth-order valence-electron chi connectivity index (χ4n) is 3.39. The fourth-order valence-corrected chi connectivity index (χ4v) is 4.25. The second kappa shape index (κ2) is 9.09. The average molecular weight is 410 g/mol. The van der Waals surface area contributed by atoms with Gasteiger partial charge in [0.05, 0.1) is 18.6 Å². The van der Waals surface area contributed by atoms with E-state index in [1.807, 2.05) is 45.9 Å². The third-order valence-electron chi connectivity index (χ3n) is 4.92. The number of aromatic nitrogens is 4. The lowest BCUT2D eigenvalue weighted by molar-refractivity contribution is -0.129. The lowest BCUT2D eigenvalue weighted by atomic mass is 10.1. The summed E-state index contributed by atoms with van der Waals surface area (Å²) in [6, 6.07) is 11.5. The first kappa shape index (κ1) is 19.4. The van der Waals surface area contributed by atoms with E-state index in [2.05, 4.69) is 15.2 Å². The molecule has 150 valence electrons. The molecule has 0 unspecified atom stereocenters. The van der Waals surface area contributed by atoms with E-state index in [4.69, 9.17) is 4.74 Å². The molecule has 7 nitrogen and oxygen atoms in total. The summed E-state index contributed by atoms with van der Waals surface area (Å²) in [5.41, 5.74) is 1.79. The van der Waals surface area contributed by atoms with E-state index >= 15 is 0 Å². The predicted octanol–water partition coefficient (Wildman–Crippen LogP) is 3.44. The summed E-state index contributed by atoms with van der Waals surface area (Å²) in [6.45, 7) is 1.70. The molecule has 0 aliphatic carbocycles. The maximum atomic E-state index is 12.6. The van der Waals surface area contributed by atoms with Crippen LogP contribution in [0.5, 0.6) is 5.75 Å². The van der Waals surface area contributed by atoms with Gasteiger partial charge in [0.25, 0.3) is 0 Å². The van der Waals surface area contributed by atoms with Gasteiger partial charge in [-0.1, -0.05) is 17.8 Å². The molecule has 3 aromatic rings. The van der Waals surface area contributed by atoms with E-state index < -0.39 is 0 Å². The number of nitrogens with zero attached hydrogens (tertiary/aromatic N) is 5. The van der Waals surface area contributed by atoms with Crippen LogP contribution in [0.2, 0.25) is 0 Å². The highest BCUT2D eigenvalue weighted by Crippen LogP contribution is 2.29. The molecular formula is C21H23N5O2S. The molecule has 1 saturated heterocycles. The van der Waals surface area contributed by atoms with Crippen LogP contribution >= 0.6 is 11.8 Å². The Morgan fingerprint density at radius 1 is 1.10 bits per heavy atom. The lowest BCUT2D eigenvalue weighted by Gasteiger charge is -2.26. The van der Waals surface area contributed by atoms with Crippen LogP contribution in [0.25, 0.3) is 17.1 Å². The van der Waals surface area contributed by atoms with Gasteiger partial charge in [-0.15, -0.1) is 10.2 Å².